The van der Waals surface area contributed by atoms with E-state index in [0.29, 0.717) is 22.0 Å². The summed E-state index contributed by atoms with van der Waals surface area (Å²) in [7, 11) is 1.58. The summed E-state index contributed by atoms with van der Waals surface area (Å²) < 4.78 is 5.16. The molecule has 0 atom stereocenters. The topological polar surface area (TPSA) is 67.4 Å². The zero-order valence-electron chi connectivity index (χ0n) is 16.6. The van der Waals surface area contributed by atoms with Gasteiger partial charge in [-0.15, -0.1) is 0 Å². The van der Waals surface area contributed by atoms with E-state index in [1.54, 1.807) is 79.9 Å². The van der Waals surface area contributed by atoms with Crippen LogP contribution in [-0.2, 0) is 4.79 Å². The van der Waals surface area contributed by atoms with Crippen molar-refractivity contribution in [2.75, 3.05) is 12.4 Å². The fourth-order valence-electron chi connectivity index (χ4n) is 2.74. The highest BCUT2D eigenvalue weighted by Gasteiger charge is 2.15. The van der Waals surface area contributed by atoms with Crippen molar-refractivity contribution in [3.8, 4) is 5.75 Å². The van der Waals surface area contributed by atoms with Gasteiger partial charge in [0.2, 0.25) is 0 Å². The molecule has 0 aromatic heterocycles. The van der Waals surface area contributed by atoms with Crippen molar-refractivity contribution >= 4 is 35.2 Å². The van der Waals surface area contributed by atoms with Gasteiger partial charge in [-0.1, -0.05) is 41.4 Å². The maximum Gasteiger partial charge on any atom is 0.272 e. The number of methoxy groups -OCH3 is 1. The molecule has 0 unspecified atom stereocenters. The minimum absolute atomic E-state index is 0.113. The number of rotatable bonds is 6. The number of nitrogens with one attached hydrogen (secondary N) is 2. The average molecular weight is 421 g/mol. The van der Waals surface area contributed by atoms with Crippen molar-refractivity contribution in [1.82, 2.24) is 5.32 Å². The van der Waals surface area contributed by atoms with E-state index in [4.69, 9.17) is 16.3 Å². The van der Waals surface area contributed by atoms with Crippen LogP contribution in [-0.4, -0.2) is 18.9 Å². The lowest BCUT2D eigenvalue weighted by Gasteiger charge is -2.12. The number of amides is 2. The summed E-state index contributed by atoms with van der Waals surface area (Å²) in [5.74, 6) is -0.123. The number of hydrogen-bond acceptors (Lipinski definition) is 3. The largest absolute Gasteiger partial charge is 0.497 e. The zero-order valence-corrected chi connectivity index (χ0v) is 17.4. The van der Waals surface area contributed by atoms with Gasteiger partial charge in [0.1, 0.15) is 11.4 Å². The number of halogens is 1. The molecule has 2 N–H and O–H groups in total. The van der Waals surface area contributed by atoms with Gasteiger partial charge in [0.05, 0.1) is 7.11 Å². The summed E-state index contributed by atoms with van der Waals surface area (Å²) in [6.45, 7) is 1.90. The van der Waals surface area contributed by atoms with E-state index < -0.39 is 5.91 Å². The van der Waals surface area contributed by atoms with Crippen LogP contribution in [0.15, 0.2) is 78.5 Å². The summed E-state index contributed by atoms with van der Waals surface area (Å²) in [5, 5.41) is 6.06. The summed E-state index contributed by atoms with van der Waals surface area (Å²) in [5.41, 5.74) is 2.84. The summed E-state index contributed by atoms with van der Waals surface area (Å²) >= 11 is 5.90. The first kappa shape index (κ1) is 21.1. The highest BCUT2D eigenvalue weighted by Crippen LogP contribution is 2.17. The molecule has 0 aliphatic heterocycles. The predicted molar refractivity (Wildman–Crippen MR) is 120 cm³/mol. The van der Waals surface area contributed by atoms with Crippen LogP contribution in [0.25, 0.3) is 6.08 Å². The number of carbonyl (C=O) groups is 2. The van der Waals surface area contributed by atoms with Gasteiger partial charge in [-0.05, 0) is 67.1 Å². The maximum absolute atomic E-state index is 12.9. The Morgan fingerprint density at radius 3 is 2.30 bits per heavy atom. The van der Waals surface area contributed by atoms with E-state index >= 15 is 0 Å². The van der Waals surface area contributed by atoms with Crippen LogP contribution in [0.4, 0.5) is 5.69 Å². The monoisotopic (exact) mass is 420 g/mol. The van der Waals surface area contributed by atoms with Crippen molar-refractivity contribution in [3.05, 3.63) is 100 Å². The normalized spacial score (nSPS) is 11.0. The third-order valence-corrected chi connectivity index (χ3v) is 4.55. The molecule has 0 heterocycles. The zero-order chi connectivity index (χ0) is 21.5. The molecule has 0 saturated heterocycles. The van der Waals surface area contributed by atoms with Gasteiger partial charge >= 0.3 is 0 Å². The molecule has 3 aromatic carbocycles. The molecule has 152 valence electrons. The Balaban J connectivity index is 1.88. The molecule has 5 nitrogen and oxygen atoms in total. The van der Waals surface area contributed by atoms with E-state index in [1.807, 2.05) is 13.0 Å². The molecule has 0 radical (unpaired) electrons. The Kier molecular flexibility index (Phi) is 6.88. The average Bonchev–Trinajstić information content (AvgIpc) is 2.75. The van der Waals surface area contributed by atoms with Crippen LogP contribution in [0.3, 0.4) is 0 Å². The molecule has 0 bridgehead atoms. The van der Waals surface area contributed by atoms with E-state index in [9.17, 15) is 9.59 Å². The second-order valence-corrected chi connectivity index (χ2v) is 7.05. The highest BCUT2D eigenvalue weighted by atomic mass is 35.5. The number of hydrogen-bond donors (Lipinski definition) is 2. The van der Waals surface area contributed by atoms with E-state index in [1.165, 1.54) is 0 Å². The first-order valence-corrected chi connectivity index (χ1v) is 9.63. The van der Waals surface area contributed by atoms with Crippen LogP contribution in [0.1, 0.15) is 21.5 Å². The lowest BCUT2D eigenvalue weighted by molar-refractivity contribution is -0.113. The fraction of sp³-hybridized carbons (Fsp3) is 0.0833. The summed E-state index contributed by atoms with van der Waals surface area (Å²) in [6.07, 6.45) is 1.61. The van der Waals surface area contributed by atoms with Crippen molar-refractivity contribution in [3.63, 3.8) is 0 Å². The molecular weight excluding hydrogens is 400 g/mol. The van der Waals surface area contributed by atoms with E-state index in [-0.39, 0.29) is 11.6 Å². The van der Waals surface area contributed by atoms with Crippen molar-refractivity contribution in [2.45, 2.75) is 6.92 Å². The summed E-state index contributed by atoms with van der Waals surface area (Å²) in [4.78, 5) is 25.6. The van der Waals surface area contributed by atoms with Gasteiger partial charge in [-0.25, -0.2) is 0 Å². The predicted octanol–water partition coefficient (Wildman–Crippen LogP) is 5.07. The standard InChI is InChI=1S/C24H21ClN2O3/c1-16-4-3-5-18(14-16)23(28)27-22(15-17-6-12-21(30-2)13-7-17)24(29)26-20-10-8-19(25)9-11-20/h3-15H,1-2H3,(H,26,29)(H,27,28)/b22-15+. The second kappa shape index (κ2) is 9.76. The van der Waals surface area contributed by atoms with Crippen molar-refractivity contribution < 1.29 is 14.3 Å². The minimum atomic E-state index is -0.450. The third kappa shape index (κ3) is 5.72. The SMILES string of the molecule is COc1ccc(/C=C(/NC(=O)c2cccc(C)c2)C(=O)Nc2ccc(Cl)cc2)cc1. The van der Waals surface area contributed by atoms with Crippen LogP contribution < -0.4 is 15.4 Å². The molecule has 6 heteroatoms. The third-order valence-electron chi connectivity index (χ3n) is 4.30. The molecule has 0 saturated carbocycles. The van der Waals surface area contributed by atoms with Crippen LogP contribution >= 0.6 is 11.6 Å². The van der Waals surface area contributed by atoms with Crippen LogP contribution in [0, 0.1) is 6.92 Å². The lowest BCUT2D eigenvalue weighted by Crippen LogP contribution is -2.30. The van der Waals surface area contributed by atoms with Crippen LogP contribution in [0.5, 0.6) is 5.75 Å². The van der Waals surface area contributed by atoms with Gasteiger partial charge in [0.25, 0.3) is 11.8 Å². The molecule has 0 spiro atoms. The summed E-state index contributed by atoms with van der Waals surface area (Å²) in [6, 6.07) is 21.0. The first-order valence-electron chi connectivity index (χ1n) is 9.25. The van der Waals surface area contributed by atoms with Crippen LogP contribution in [0.2, 0.25) is 5.02 Å². The Morgan fingerprint density at radius 1 is 0.967 bits per heavy atom. The molecule has 0 fully saturated rings. The number of ether oxygens (including phenoxy) is 1. The Bertz CT molecular complexity index is 1070. The number of benzene rings is 3. The van der Waals surface area contributed by atoms with Gasteiger partial charge < -0.3 is 15.4 Å². The minimum Gasteiger partial charge on any atom is -0.497 e. The Morgan fingerprint density at radius 2 is 1.67 bits per heavy atom. The van der Waals surface area contributed by atoms with E-state index in [0.717, 1.165) is 11.1 Å². The van der Waals surface area contributed by atoms with Gasteiger partial charge in [-0.2, -0.15) is 0 Å². The number of carbonyl (C=O) groups excluding carboxylic acids is 2. The van der Waals surface area contributed by atoms with Gasteiger partial charge in [0, 0.05) is 16.3 Å². The van der Waals surface area contributed by atoms with E-state index in [2.05, 4.69) is 10.6 Å². The smallest absolute Gasteiger partial charge is 0.272 e. The molecule has 0 aliphatic carbocycles. The Labute approximate surface area is 180 Å². The molecule has 2 amide bonds. The van der Waals surface area contributed by atoms with Crippen molar-refractivity contribution in [1.29, 1.82) is 0 Å². The number of anilines is 1. The quantitative estimate of drug-likeness (QED) is 0.547. The molecule has 3 rings (SSSR count). The van der Waals surface area contributed by atoms with Gasteiger partial charge in [-0.3, -0.25) is 9.59 Å². The first-order chi connectivity index (χ1) is 14.4. The molecule has 30 heavy (non-hydrogen) atoms. The lowest BCUT2D eigenvalue weighted by atomic mass is 10.1. The number of aryl methyl sites for hydroxylation is 1. The maximum atomic E-state index is 12.9. The Hall–Kier alpha value is -3.57. The molecule has 0 aliphatic rings. The second-order valence-electron chi connectivity index (χ2n) is 6.62. The molecular formula is C24H21ClN2O3. The van der Waals surface area contributed by atoms with Gasteiger partial charge in [0.15, 0.2) is 0 Å². The molecule has 3 aromatic rings. The highest BCUT2D eigenvalue weighted by molar-refractivity contribution is 6.30. The fourth-order valence-corrected chi connectivity index (χ4v) is 2.86. The van der Waals surface area contributed by atoms with Crippen molar-refractivity contribution in [2.24, 2.45) is 0 Å².